The van der Waals surface area contributed by atoms with Crippen LogP contribution in [0.15, 0.2) is 66.7 Å². The van der Waals surface area contributed by atoms with E-state index in [1.807, 2.05) is 80.6 Å². The number of hydrogen-bond acceptors (Lipinski definition) is 4. The topological polar surface area (TPSA) is 77.8 Å². The molecule has 0 saturated carbocycles. The van der Waals surface area contributed by atoms with Crippen molar-refractivity contribution in [1.29, 1.82) is 0 Å². The molecule has 3 aromatic carbocycles. The molecule has 0 bridgehead atoms. The highest BCUT2D eigenvalue weighted by atomic mass is 16.5. The first kappa shape index (κ1) is 24.2. The van der Waals surface area contributed by atoms with Crippen LogP contribution in [0, 0.1) is 13.8 Å². The number of benzene rings is 3. The summed E-state index contributed by atoms with van der Waals surface area (Å²) in [6, 6.07) is 21.3. The van der Waals surface area contributed by atoms with Crippen molar-refractivity contribution in [3.05, 3.63) is 100 Å². The van der Waals surface area contributed by atoms with E-state index >= 15 is 0 Å². The average Bonchev–Trinajstić information content (AvgIpc) is 3.13. The Morgan fingerprint density at radius 1 is 0.943 bits per heavy atom. The zero-order valence-corrected chi connectivity index (χ0v) is 20.4. The third kappa shape index (κ3) is 5.12. The van der Waals surface area contributed by atoms with Crippen molar-refractivity contribution in [2.75, 3.05) is 7.11 Å². The van der Waals surface area contributed by atoms with E-state index in [-0.39, 0.29) is 12.4 Å². The maximum atomic E-state index is 13.5. The van der Waals surface area contributed by atoms with Crippen LogP contribution in [-0.2, 0) is 22.7 Å². The van der Waals surface area contributed by atoms with E-state index in [1.54, 1.807) is 7.11 Å². The van der Waals surface area contributed by atoms with Crippen LogP contribution in [0.4, 0.5) is 0 Å². The van der Waals surface area contributed by atoms with Gasteiger partial charge in [0.1, 0.15) is 5.75 Å². The minimum absolute atomic E-state index is 0.00327. The molecule has 0 saturated heterocycles. The van der Waals surface area contributed by atoms with E-state index in [0.717, 1.165) is 39.0 Å². The number of carboxylic acid groups (broad SMARTS) is 1. The largest absolute Gasteiger partial charge is 0.497 e. The molecule has 1 heterocycles. The van der Waals surface area contributed by atoms with Crippen molar-refractivity contribution in [2.24, 2.45) is 0 Å². The van der Waals surface area contributed by atoms with Gasteiger partial charge in [0.2, 0.25) is 0 Å². The lowest BCUT2D eigenvalue weighted by Gasteiger charge is -2.12. The predicted molar refractivity (Wildman–Crippen MR) is 135 cm³/mol. The van der Waals surface area contributed by atoms with Crippen LogP contribution in [0.25, 0.3) is 10.9 Å². The highest BCUT2D eigenvalue weighted by Crippen LogP contribution is 2.32. The van der Waals surface area contributed by atoms with Gasteiger partial charge in [0.15, 0.2) is 11.9 Å². The Balaban J connectivity index is 1.68. The van der Waals surface area contributed by atoms with Gasteiger partial charge < -0.3 is 19.1 Å². The second-order valence-corrected chi connectivity index (χ2v) is 8.73. The minimum Gasteiger partial charge on any atom is -0.497 e. The first-order chi connectivity index (χ1) is 16.8. The van der Waals surface area contributed by atoms with E-state index in [0.29, 0.717) is 17.7 Å². The molecule has 4 aromatic rings. The standard InChI is InChI=1S/C29H29NO5/c1-18-5-11-23(12-6-18)28(31)27-19(2)30(26-15-24(34-4)13-14-25(26)27)16-21-7-9-22(10-8-21)17-35-20(3)29(32)33/h5-15,20H,16-17H2,1-4H3,(H,32,33)/t20-/m1/s1. The number of aryl methyl sites for hydroxylation is 1. The summed E-state index contributed by atoms with van der Waals surface area (Å²) in [7, 11) is 1.63. The Labute approximate surface area is 204 Å². The molecule has 0 aliphatic heterocycles. The van der Waals surface area contributed by atoms with Gasteiger partial charge in [-0.1, -0.05) is 54.1 Å². The number of ketones is 1. The van der Waals surface area contributed by atoms with E-state index in [2.05, 4.69) is 4.57 Å². The van der Waals surface area contributed by atoms with Gasteiger partial charge in [0.25, 0.3) is 0 Å². The molecule has 0 aliphatic rings. The fourth-order valence-corrected chi connectivity index (χ4v) is 4.14. The van der Waals surface area contributed by atoms with Gasteiger partial charge in [-0.15, -0.1) is 0 Å². The maximum Gasteiger partial charge on any atom is 0.332 e. The molecule has 35 heavy (non-hydrogen) atoms. The van der Waals surface area contributed by atoms with Crippen molar-refractivity contribution in [3.8, 4) is 5.75 Å². The number of nitrogens with zero attached hydrogens (tertiary/aromatic N) is 1. The predicted octanol–water partition coefficient (Wildman–Crippen LogP) is 5.54. The minimum atomic E-state index is -0.983. The lowest BCUT2D eigenvalue weighted by molar-refractivity contribution is -0.149. The highest BCUT2D eigenvalue weighted by Gasteiger charge is 2.22. The van der Waals surface area contributed by atoms with Crippen molar-refractivity contribution in [1.82, 2.24) is 4.57 Å². The number of ether oxygens (including phenoxy) is 2. The number of aromatic nitrogens is 1. The molecule has 0 aliphatic carbocycles. The van der Waals surface area contributed by atoms with Gasteiger partial charge in [0, 0.05) is 29.3 Å². The molecule has 0 radical (unpaired) electrons. The van der Waals surface area contributed by atoms with Crippen LogP contribution >= 0.6 is 0 Å². The number of fused-ring (bicyclic) bond motifs is 1. The third-order valence-electron chi connectivity index (χ3n) is 6.28. The second kappa shape index (κ2) is 10.2. The number of methoxy groups -OCH3 is 1. The fourth-order valence-electron chi connectivity index (χ4n) is 4.14. The van der Waals surface area contributed by atoms with Gasteiger partial charge in [-0.2, -0.15) is 0 Å². The molecule has 0 spiro atoms. The molecule has 1 atom stereocenters. The molecular weight excluding hydrogens is 442 g/mol. The lowest BCUT2D eigenvalue weighted by atomic mass is 9.99. The summed E-state index contributed by atoms with van der Waals surface area (Å²) in [6.45, 7) is 6.29. The zero-order chi connectivity index (χ0) is 25.1. The van der Waals surface area contributed by atoms with Crippen molar-refractivity contribution in [2.45, 2.75) is 40.0 Å². The Bertz CT molecular complexity index is 1370. The van der Waals surface area contributed by atoms with Crippen molar-refractivity contribution in [3.63, 3.8) is 0 Å². The molecule has 4 rings (SSSR count). The highest BCUT2D eigenvalue weighted by molar-refractivity contribution is 6.17. The van der Waals surface area contributed by atoms with Gasteiger partial charge >= 0.3 is 5.97 Å². The number of carbonyl (C=O) groups is 2. The molecule has 0 unspecified atom stereocenters. The summed E-state index contributed by atoms with van der Waals surface area (Å²) in [4.78, 5) is 24.5. The second-order valence-electron chi connectivity index (χ2n) is 8.73. The van der Waals surface area contributed by atoms with Crippen LogP contribution in [0.3, 0.4) is 0 Å². The van der Waals surface area contributed by atoms with Gasteiger partial charge in [0.05, 0.1) is 24.8 Å². The van der Waals surface area contributed by atoms with Gasteiger partial charge in [-0.3, -0.25) is 4.79 Å². The molecule has 0 fully saturated rings. The van der Waals surface area contributed by atoms with Crippen LogP contribution < -0.4 is 4.74 Å². The first-order valence-corrected chi connectivity index (χ1v) is 11.5. The summed E-state index contributed by atoms with van der Waals surface area (Å²) in [5, 5.41) is 9.87. The number of hydrogen-bond donors (Lipinski definition) is 1. The summed E-state index contributed by atoms with van der Waals surface area (Å²) in [5.41, 5.74) is 6.23. The lowest BCUT2D eigenvalue weighted by Crippen LogP contribution is -2.19. The summed E-state index contributed by atoms with van der Waals surface area (Å²) in [6.07, 6.45) is -0.858. The molecular formula is C29H29NO5. The average molecular weight is 472 g/mol. The number of aliphatic carboxylic acids is 1. The summed E-state index contributed by atoms with van der Waals surface area (Å²) in [5.74, 6) is -0.259. The number of rotatable bonds is 9. The third-order valence-corrected chi connectivity index (χ3v) is 6.28. The van der Waals surface area contributed by atoms with Gasteiger partial charge in [-0.05, 0) is 44.0 Å². The van der Waals surface area contributed by atoms with Crippen LogP contribution in [-0.4, -0.2) is 34.6 Å². The molecule has 6 nitrogen and oxygen atoms in total. The first-order valence-electron chi connectivity index (χ1n) is 11.5. The molecule has 0 amide bonds. The smallest absolute Gasteiger partial charge is 0.332 e. The van der Waals surface area contributed by atoms with E-state index < -0.39 is 12.1 Å². The quantitative estimate of drug-likeness (QED) is 0.325. The van der Waals surface area contributed by atoms with Crippen LogP contribution in [0.1, 0.15) is 45.2 Å². The molecule has 1 aromatic heterocycles. The number of carbonyl (C=O) groups excluding carboxylic acids is 1. The van der Waals surface area contributed by atoms with E-state index in [1.165, 1.54) is 6.92 Å². The Hall–Kier alpha value is -3.90. The van der Waals surface area contributed by atoms with E-state index in [9.17, 15) is 9.59 Å². The Morgan fingerprint density at radius 2 is 1.60 bits per heavy atom. The van der Waals surface area contributed by atoms with Crippen LogP contribution in [0.2, 0.25) is 0 Å². The molecule has 6 heteroatoms. The monoisotopic (exact) mass is 471 g/mol. The summed E-state index contributed by atoms with van der Waals surface area (Å²) >= 11 is 0. The van der Waals surface area contributed by atoms with Crippen LogP contribution in [0.5, 0.6) is 5.75 Å². The normalized spacial score (nSPS) is 12.0. The Morgan fingerprint density at radius 3 is 2.23 bits per heavy atom. The van der Waals surface area contributed by atoms with E-state index in [4.69, 9.17) is 14.6 Å². The molecule has 1 N–H and O–H groups in total. The SMILES string of the molecule is COc1ccc2c(C(=O)c3ccc(C)cc3)c(C)n(Cc3ccc(CO[C@H](C)C(=O)O)cc3)c2c1. The maximum absolute atomic E-state index is 13.5. The number of carboxylic acids is 1. The Kier molecular flexibility index (Phi) is 7.03. The zero-order valence-electron chi connectivity index (χ0n) is 20.4. The van der Waals surface area contributed by atoms with Crippen molar-refractivity contribution >= 4 is 22.7 Å². The van der Waals surface area contributed by atoms with Gasteiger partial charge in [-0.25, -0.2) is 4.79 Å². The molecule has 180 valence electrons. The fraction of sp³-hybridized carbons (Fsp3) is 0.241. The summed E-state index contributed by atoms with van der Waals surface area (Å²) < 4.78 is 13.0. The van der Waals surface area contributed by atoms with Crippen molar-refractivity contribution < 1.29 is 24.2 Å².